The van der Waals surface area contributed by atoms with Gasteiger partial charge >= 0.3 is 5.69 Å². The number of hydrogen-bond donors (Lipinski definition) is 3. The van der Waals surface area contributed by atoms with E-state index < -0.39 is 35.9 Å². The summed E-state index contributed by atoms with van der Waals surface area (Å²) in [6.45, 7) is -0.632. The van der Waals surface area contributed by atoms with Gasteiger partial charge in [-0.3, -0.25) is 4.57 Å². The zero-order chi connectivity index (χ0) is 13.5. The number of halogens is 2. The van der Waals surface area contributed by atoms with Crippen molar-refractivity contribution >= 4 is 17.4 Å². The van der Waals surface area contributed by atoms with Crippen molar-refractivity contribution in [2.24, 2.45) is 0 Å². The summed E-state index contributed by atoms with van der Waals surface area (Å²) in [4.78, 5) is 14.9. The molecule has 1 aromatic rings. The SMILES string of the molecule is Nc1ccn([C@@H]2O[C@H](CO)C(O)[C@]2(F)Cl)c(=O)n1. The number of rotatable bonds is 2. The minimum absolute atomic E-state index is 0.0347. The molecule has 9 heteroatoms. The smallest absolute Gasteiger partial charge is 0.351 e. The van der Waals surface area contributed by atoms with Crippen LogP contribution in [0.2, 0.25) is 0 Å². The number of nitrogens with two attached hydrogens (primary N) is 1. The summed E-state index contributed by atoms with van der Waals surface area (Å²) < 4.78 is 19.9. The molecule has 1 saturated heterocycles. The van der Waals surface area contributed by atoms with Crippen LogP contribution >= 0.6 is 11.6 Å². The maximum Gasteiger partial charge on any atom is 0.351 e. The first-order valence-electron chi connectivity index (χ1n) is 5.04. The van der Waals surface area contributed by atoms with Crippen molar-refractivity contribution in [3.8, 4) is 0 Å². The van der Waals surface area contributed by atoms with E-state index in [1.807, 2.05) is 0 Å². The third-order valence-electron chi connectivity index (χ3n) is 2.66. The Morgan fingerprint density at radius 3 is 2.89 bits per heavy atom. The molecule has 0 amide bonds. The first kappa shape index (κ1) is 13.2. The van der Waals surface area contributed by atoms with Gasteiger partial charge in [-0.15, -0.1) is 0 Å². The molecule has 100 valence electrons. The van der Waals surface area contributed by atoms with Gasteiger partial charge in [-0.1, -0.05) is 11.6 Å². The molecule has 2 rings (SSSR count). The molecule has 18 heavy (non-hydrogen) atoms. The van der Waals surface area contributed by atoms with Gasteiger partial charge in [0.05, 0.1) is 6.61 Å². The number of aromatic nitrogens is 2. The lowest BCUT2D eigenvalue weighted by Gasteiger charge is -2.22. The van der Waals surface area contributed by atoms with Crippen molar-refractivity contribution in [3.05, 3.63) is 22.7 Å². The Morgan fingerprint density at radius 1 is 1.72 bits per heavy atom. The van der Waals surface area contributed by atoms with E-state index in [1.54, 1.807) is 0 Å². The molecule has 0 bridgehead atoms. The molecule has 4 atom stereocenters. The van der Waals surface area contributed by atoms with E-state index in [0.717, 1.165) is 10.8 Å². The number of alkyl halides is 2. The van der Waals surface area contributed by atoms with E-state index in [0.29, 0.717) is 0 Å². The standard InChI is InChI=1S/C9H11ClFN3O4/c10-9(11)6(16)4(3-15)18-7(9)14-2-1-5(12)13-8(14)17/h1-2,4,6-7,15-16H,3H2,(H2,12,13,17)/t4-,6?,7-,9-/m1/s1. The van der Waals surface area contributed by atoms with Crippen LogP contribution in [0.25, 0.3) is 0 Å². The zero-order valence-electron chi connectivity index (χ0n) is 9.03. The summed E-state index contributed by atoms with van der Waals surface area (Å²) in [5.41, 5.74) is 4.43. The van der Waals surface area contributed by atoms with Crippen LogP contribution in [0.4, 0.5) is 10.2 Å². The second-order valence-corrected chi connectivity index (χ2v) is 4.45. The maximum absolute atomic E-state index is 14.1. The minimum Gasteiger partial charge on any atom is -0.394 e. The molecule has 1 unspecified atom stereocenters. The Hall–Kier alpha value is -1.22. The second kappa shape index (κ2) is 4.47. The number of aliphatic hydroxyl groups is 2. The van der Waals surface area contributed by atoms with Crippen LogP contribution in [0, 0.1) is 0 Å². The van der Waals surface area contributed by atoms with Crippen LogP contribution in [0.15, 0.2) is 17.1 Å². The molecule has 7 nitrogen and oxygen atoms in total. The first-order valence-corrected chi connectivity index (χ1v) is 5.42. The van der Waals surface area contributed by atoms with Gasteiger partial charge in [0.1, 0.15) is 18.0 Å². The maximum atomic E-state index is 14.1. The number of aliphatic hydroxyl groups excluding tert-OH is 2. The lowest BCUT2D eigenvalue weighted by molar-refractivity contribution is -0.0517. The summed E-state index contributed by atoms with van der Waals surface area (Å²) in [6.07, 6.45) is -3.43. The fourth-order valence-corrected chi connectivity index (χ4v) is 2.02. The van der Waals surface area contributed by atoms with Gasteiger partial charge in [0, 0.05) is 6.20 Å². The fourth-order valence-electron chi connectivity index (χ4n) is 1.72. The van der Waals surface area contributed by atoms with Crippen molar-refractivity contribution in [1.82, 2.24) is 9.55 Å². The van der Waals surface area contributed by atoms with E-state index in [2.05, 4.69) is 4.98 Å². The topological polar surface area (TPSA) is 111 Å². The van der Waals surface area contributed by atoms with Crippen LogP contribution in [-0.2, 0) is 4.74 Å². The summed E-state index contributed by atoms with van der Waals surface area (Å²) in [5.74, 6) is -0.0347. The molecule has 0 saturated carbocycles. The lowest BCUT2D eigenvalue weighted by Crippen LogP contribution is -2.41. The van der Waals surface area contributed by atoms with Crippen molar-refractivity contribution < 1.29 is 19.3 Å². The van der Waals surface area contributed by atoms with Gasteiger partial charge in [0.15, 0.2) is 6.23 Å². The van der Waals surface area contributed by atoms with Crippen LogP contribution in [-0.4, -0.2) is 43.7 Å². The van der Waals surface area contributed by atoms with E-state index in [1.165, 1.54) is 6.07 Å². The molecular weight excluding hydrogens is 269 g/mol. The quantitative estimate of drug-likeness (QED) is 0.598. The van der Waals surface area contributed by atoms with Crippen LogP contribution in [0.1, 0.15) is 6.23 Å². The summed E-state index contributed by atoms with van der Waals surface area (Å²) >= 11 is 5.53. The molecule has 0 radical (unpaired) electrons. The number of hydrogen-bond acceptors (Lipinski definition) is 6. The Kier molecular flexibility index (Phi) is 3.28. The van der Waals surface area contributed by atoms with Gasteiger partial charge in [-0.25, -0.2) is 9.18 Å². The summed E-state index contributed by atoms with van der Waals surface area (Å²) in [5, 5.41) is 15.7. The number of anilines is 1. The molecule has 1 aliphatic heterocycles. The van der Waals surface area contributed by atoms with Gasteiger partial charge in [0.25, 0.3) is 5.13 Å². The largest absolute Gasteiger partial charge is 0.394 e. The molecule has 0 aromatic carbocycles. The highest BCUT2D eigenvalue weighted by Crippen LogP contribution is 2.43. The highest BCUT2D eigenvalue weighted by Gasteiger charge is 2.57. The lowest BCUT2D eigenvalue weighted by atomic mass is 10.1. The van der Waals surface area contributed by atoms with Crippen molar-refractivity contribution in [3.63, 3.8) is 0 Å². The fraction of sp³-hybridized carbons (Fsp3) is 0.556. The van der Waals surface area contributed by atoms with Crippen LogP contribution < -0.4 is 11.4 Å². The monoisotopic (exact) mass is 279 g/mol. The predicted molar refractivity (Wildman–Crippen MR) is 59.6 cm³/mol. The number of nitrogen functional groups attached to an aromatic ring is 1. The van der Waals surface area contributed by atoms with Gasteiger partial charge in [-0.05, 0) is 6.07 Å². The highest BCUT2D eigenvalue weighted by molar-refractivity contribution is 6.23. The van der Waals surface area contributed by atoms with Crippen LogP contribution in [0.3, 0.4) is 0 Å². The van der Waals surface area contributed by atoms with Crippen molar-refractivity contribution in [1.29, 1.82) is 0 Å². The number of ether oxygens (including phenoxy) is 1. The molecule has 1 aromatic heterocycles. The van der Waals surface area contributed by atoms with E-state index in [4.69, 9.17) is 27.2 Å². The molecule has 0 spiro atoms. The predicted octanol–water partition coefficient (Wildman–Crippen LogP) is -1.02. The normalized spacial score (nSPS) is 35.9. The first-order chi connectivity index (χ1) is 8.37. The zero-order valence-corrected chi connectivity index (χ0v) is 9.79. The van der Waals surface area contributed by atoms with Gasteiger partial charge in [0.2, 0.25) is 0 Å². The van der Waals surface area contributed by atoms with E-state index in [9.17, 15) is 14.3 Å². The van der Waals surface area contributed by atoms with E-state index in [-0.39, 0.29) is 5.82 Å². The van der Waals surface area contributed by atoms with Gasteiger partial charge in [-0.2, -0.15) is 4.98 Å². The Labute approximate surface area is 106 Å². The average Bonchev–Trinajstić information content (AvgIpc) is 2.52. The average molecular weight is 280 g/mol. The molecule has 0 aliphatic carbocycles. The second-order valence-electron chi connectivity index (χ2n) is 3.87. The molecule has 1 fully saturated rings. The molecule has 2 heterocycles. The molecule has 4 N–H and O–H groups in total. The highest BCUT2D eigenvalue weighted by atomic mass is 35.5. The summed E-state index contributed by atoms with van der Waals surface area (Å²) in [7, 11) is 0. The Morgan fingerprint density at radius 2 is 2.39 bits per heavy atom. The van der Waals surface area contributed by atoms with Crippen molar-refractivity contribution in [2.75, 3.05) is 12.3 Å². The van der Waals surface area contributed by atoms with Gasteiger partial charge < -0.3 is 20.7 Å². The third-order valence-corrected chi connectivity index (χ3v) is 3.07. The minimum atomic E-state index is -2.74. The van der Waals surface area contributed by atoms with E-state index >= 15 is 0 Å². The van der Waals surface area contributed by atoms with Crippen LogP contribution in [0.5, 0.6) is 0 Å². The van der Waals surface area contributed by atoms with Crippen molar-refractivity contribution in [2.45, 2.75) is 23.6 Å². The summed E-state index contributed by atoms with van der Waals surface area (Å²) in [6, 6.07) is 1.26. The molecular formula is C9H11ClFN3O4. The third kappa shape index (κ3) is 1.97. The number of nitrogens with zero attached hydrogens (tertiary/aromatic N) is 2. The molecule has 1 aliphatic rings. The Balaban J connectivity index is 2.42. The Bertz CT molecular complexity index is 509.